The van der Waals surface area contributed by atoms with Gasteiger partial charge in [-0.2, -0.15) is 0 Å². The number of hydrogen-bond acceptors (Lipinski definition) is 3. The van der Waals surface area contributed by atoms with Gasteiger partial charge >= 0.3 is 5.97 Å². The highest BCUT2D eigenvalue weighted by atomic mass is 79.9. The Labute approximate surface area is 145 Å². The van der Waals surface area contributed by atoms with E-state index >= 15 is 0 Å². The summed E-state index contributed by atoms with van der Waals surface area (Å²) in [5.41, 5.74) is 1.75. The zero-order chi connectivity index (χ0) is 16.4. The van der Waals surface area contributed by atoms with Gasteiger partial charge in [0.2, 0.25) is 0 Å². The number of carbonyl (C=O) groups excluding carboxylic acids is 2. The SMILES string of the molecule is Cc1cc(NC(=O)COC(=O)C[C@@H]2C[C@@H]3CC[C@@H]2C3)ccc1Br. The second-order valence-electron chi connectivity index (χ2n) is 6.81. The number of ether oxygens (including phenoxy) is 1. The van der Waals surface area contributed by atoms with Crippen LogP contribution in [-0.2, 0) is 14.3 Å². The van der Waals surface area contributed by atoms with Gasteiger partial charge in [-0.25, -0.2) is 0 Å². The Morgan fingerprint density at radius 3 is 2.78 bits per heavy atom. The highest BCUT2D eigenvalue weighted by Gasteiger charge is 2.40. The van der Waals surface area contributed by atoms with Gasteiger partial charge in [-0.15, -0.1) is 0 Å². The van der Waals surface area contributed by atoms with Crippen molar-refractivity contribution in [3.05, 3.63) is 28.2 Å². The molecule has 0 saturated heterocycles. The first-order chi connectivity index (χ1) is 11.0. The van der Waals surface area contributed by atoms with Crippen LogP contribution in [0.3, 0.4) is 0 Å². The van der Waals surface area contributed by atoms with Crippen molar-refractivity contribution in [2.45, 2.75) is 39.0 Å². The molecule has 0 aliphatic heterocycles. The minimum atomic E-state index is -0.298. The number of anilines is 1. The quantitative estimate of drug-likeness (QED) is 0.784. The predicted octanol–water partition coefficient (Wildman–Crippen LogP) is 4.07. The lowest BCUT2D eigenvalue weighted by molar-refractivity contribution is -0.148. The second-order valence-corrected chi connectivity index (χ2v) is 7.67. The number of rotatable bonds is 5. The molecule has 0 heterocycles. The summed E-state index contributed by atoms with van der Waals surface area (Å²) in [6.45, 7) is 1.74. The van der Waals surface area contributed by atoms with Crippen molar-refractivity contribution < 1.29 is 14.3 Å². The summed E-state index contributed by atoms with van der Waals surface area (Å²) >= 11 is 3.42. The van der Waals surface area contributed by atoms with Crippen molar-refractivity contribution in [1.29, 1.82) is 0 Å². The number of esters is 1. The van der Waals surface area contributed by atoms with E-state index in [1.54, 1.807) is 0 Å². The van der Waals surface area contributed by atoms with Gasteiger partial charge in [-0.3, -0.25) is 9.59 Å². The number of hydrogen-bond donors (Lipinski definition) is 1. The van der Waals surface area contributed by atoms with Gasteiger partial charge in [0.05, 0.1) is 0 Å². The molecule has 0 unspecified atom stereocenters. The fraction of sp³-hybridized carbons (Fsp3) is 0.556. The van der Waals surface area contributed by atoms with Crippen molar-refractivity contribution in [2.24, 2.45) is 17.8 Å². The molecule has 2 fully saturated rings. The Bertz CT molecular complexity index is 616. The molecule has 1 amide bonds. The largest absolute Gasteiger partial charge is 0.456 e. The maximum absolute atomic E-state index is 11.9. The van der Waals surface area contributed by atoms with E-state index in [-0.39, 0.29) is 18.5 Å². The van der Waals surface area contributed by atoms with E-state index < -0.39 is 0 Å². The molecule has 5 heteroatoms. The highest BCUT2D eigenvalue weighted by Crippen LogP contribution is 2.49. The van der Waals surface area contributed by atoms with Gasteiger partial charge in [0, 0.05) is 16.6 Å². The lowest BCUT2D eigenvalue weighted by Gasteiger charge is -2.20. The summed E-state index contributed by atoms with van der Waals surface area (Å²) < 4.78 is 6.13. The minimum absolute atomic E-state index is 0.214. The van der Waals surface area contributed by atoms with Crippen molar-refractivity contribution in [2.75, 3.05) is 11.9 Å². The number of halogens is 1. The monoisotopic (exact) mass is 379 g/mol. The Hall–Kier alpha value is -1.36. The topological polar surface area (TPSA) is 55.4 Å². The number of fused-ring (bicyclic) bond motifs is 2. The van der Waals surface area contributed by atoms with Crippen LogP contribution in [0.15, 0.2) is 22.7 Å². The first kappa shape index (κ1) is 16.5. The van der Waals surface area contributed by atoms with E-state index in [4.69, 9.17) is 4.74 Å². The normalized spacial score (nSPS) is 25.4. The average Bonchev–Trinajstić information content (AvgIpc) is 3.12. The number of aryl methyl sites for hydroxylation is 1. The lowest BCUT2D eigenvalue weighted by Crippen LogP contribution is -2.23. The van der Waals surface area contributed by atoms with E-state index in [0.717, 1.165) is 22.4 Å². The van der Waals surface area contributed by atoms with Crippen LogP contribution in [0.2, 0.25) is 0 Å². The Morgan fingerprint density at radius 2 is 2.13 bits per heavy atom. The Kier molecular flexibility index (Phi) is 5.05. The van der Waals surface area contributed by atoms with Crippen LogP contribution in [-0.4, -0.2) is 18.5 Å². The van der Waals surface area contributed by atoms with Crippen LogP contribution in [0.5, 0.6) is 0 Å². The fourth-order valence-electron chi connectivity index (χ4n) is 3.97. The van der Waals surface area contributed by atoms with Gasteiger partial charge in [-0.1, -0.05) is 22.4 Å². The molecular formula is C18H22BrNO3. The molecule has 2 aliphatic carbocycles. The van der Waals surface area contributed by atoms with E-state index in [2.05, 4.69) is 21.2 Å². The maximum Gasteiger partial charge on any atom is 0.306 e. The third-order valence-corrected chi connectivity index (χ3v) is 6.01. The van der Waals surface area contributed by atoms with Gasteiger partial charge in [-0.05, 0) is 67.7 Å². The predicted molar refractivity (Wildman–Crippen MR) is 92.0 cm³/mol. The number of nitrogens with one attached hydrogen (secondary N) is 1. The van der Waals surface area contributed by atoms with Crippen molar-refractivity contribution >= 4 is 33.5 Å². The number of amides is 1. The summed E-state index contributed by atoms with van der Waals surface area (Å²) in [7, 11) is 0. The van der Waals surface area contributed by atoms with Crippen LogP contribution < -0.4 is 5.32 Å². The summed E-state index contributed by atoms with van der Waals surface area (Å²) in [4.78, 5) is 23.8. The smallest absolute Gasteiger partial charge is 0.306 e. The third kappa shape index (κ3) is 4.14. The molecule has 0 spiro atoms. The standard InChI is InChI=1S/C18H22BrNO3/c1-11-6-15(4-5-16(11)19)20-17(21)10-23-18(22)9-14-8-12-2-3-13(14)7-12/h4-6,12-14H,2-3,7-10H2,1H3,(H,20,21)/t12-,13-,14+/m1/s1. The van der Waals surface area contributed by atoms with Crippen LogP contribution in [0.4, 0.5) is 5.69 Å². The summed E-state index contributed by atoms with van der Waals surface area (Å²) in [6, 6.07) is 5.57. The first-order valence-corrected chi connectivity index (χ1v) is 9.02. The molecule has 0 aromatic heterocycles. The molecule has 2 saturated carbocycles. The number of benzene rings is 1. The Balaban J connectivity index is 1.41. The van der Waals surface area contributed by atoms with Gasteiger partial charge in [0.1, 0.15) is 0 Å². The molecule has 3 rings (SSSR count). The zero-order valence-electron chi connectivity index (χ0n) is 13.3. The lowest BCUT2D eigenvalue weighted by atomic mass is 9.86. The van der Waals surface area contributed by atoms with E-state index in [0.29, 0.717) is 23.9 Å². The minimum Gasteiger partial charge on any atom is -0.456 e. The van der Waals surface area contributed by atoms with E-state index in [1.165, 1.54) is 19.3 Å². The van der Waals surface area contributed by atoms with Gasteiger partial charge in [0.25, 0.3) is 5.91 Å². The summed E-state index contributed by atoms with van der Waals surface area (Å²) in [6.07, 6.45) is 5.48. The molecule has 1 N–H and O–H groups in total. The highest BCUT2D eigenvalue weighted by molar-refractivity contribution is 9.10. The molecule has 1 aromatic carbocycles. The molecule has 3 atom stereocenters. The fourth-order valence-corrected chi connectivity index (χ4v) is 4.21. The van der Waals surface area contributed by atoms with Crippen molar-refractivity contribution in [3.8, 4) is 0 Å². The van der Waals surface area contributed by atoms with Crippen LogP contribution in [0.25, 0.3) is 0 Å². The molecule has 4 nitrogen and oxygen atoms in total. The van der Waals surface area contributed by atoms with Crippen LogP contribution in [0.1, 0.15) is 37.7 Å². The van der Waals surface area contributed by atoms with Crippen LogP contribution in [0, 0.1) is 24.7 Å². The summed E-state index contributed by atoms with van der Waals surface area (Å²) in [5, 5.41) is 2.75. The van der Waals surface area contributed by atoms with Gasteiger partial charge in [0.15, 0.2) is 6.61 Å². The second kappa shape index (κ2) is 7.04. The zero-order valence-corrected chi connectivity index (χ0v) is 14.9. The van der Waals surface area contributed by atoms with Crippen molar-refractivity contribution in [3.63, 3.8) is 0 Å². The third-order valence-electron chi connectivity index (χ3n) is 5.12. The average molecular weight is 380 g/mol. The molecule has 124 valence electrons. The number of carbonyl (C=O) groups is 2. The molecule has 2 bridgehead atoms. The first-order valence-electron chi connectivity index (χ1n) is 8.23. The molecule has 1 aromatic rings. The van der Waals surface area contributed by atoms with Gasteiger partial charge < -0.3 is 10.1 Å². The van der Waals surface area contributed by atoms with E-state index in [1.807, 2.05) is 25.1 Å². The van der Waals surface area contributed by atoms with Crippen molar-refractivity contribution in [1.82, 2.24) is 0 Å². The maximum atomic E-state index is 11.9. The molecule has 0 radical (unpaired) electrons. The molecule has 2 aliphatic rings. The molecule has 23 heavy (non-hydrogen) atoms. The van der Waals surface area contributed by atoms with E-state index in [9.17, 15) is 9.59 Å². The van der Waals surface area contributed by atoms with Crippen LogP contribution >= 0.6 is 15.9 Å². The Morgan fingerprint density at radius 1 is 1.30 bits per heavy atom. The summed E-state index contributed by atoms with van der Waals surface area (Å²) in [5.74, 6) is 1.45. The molecular weight excluding hydrogens is 358 g/mol.